The van der Waals surface area contributed by atoms with Crippen molar-refractivity contribution in [2.45, 2.75) is 24.2 Å². The molecule has 24 heavy (non-hydrogen) atoms. The van der Waals surface area contributed by atoms with Gasteiger partial charge in [-0.2, -0.15) is 0 Å². The fourth-order valence-electron chi connectivity index (χ4n) is 4.91. The van der Waals surface area contributed by atoms with Crippen LogP contribution in [-0.2, 0) is 14.6 Å². The second kappa shape index (κ2) is 5.05. The van der Waals surface area contributed by atoms with Gasteiger partial charge in [-0.3, -0.25) is 4.79 Å². The summed E-state index contributed by atoms with van der Waals surface area (Å²) in [6, 6.07) is 3.74. The molecule has 0 aromatic heterocycles. The molecule has 7 heteroatoms. The zero-order chi connectivity index (χ0) is 17.2. The summed E-state index contributed by atoms with van der Waals surface area (Å²) in [5.41, 5.74) is 0.0851. The molecule has 2 N–H and O–H groups in total. The van der Waals surface area contributed by atoms with E-state index in [0.29, 0.717) is 23.7 Å². The molecule has 1 aromatic rings. The summed E-state index contributed by atoms with van der Waals surface area (Å²) in [5, 5.41) is 11.9. The standard InChI is InChI=1S/C17H19NO5S/c1-24(22,23)12-6-10(17(20)21)5-11(7-12)18-16(19)15-13-8-2-3-9(4-8)14(13)15/h5-9,13-15H,2-4H2,1H3,(H,18,19)(H,20,21). The predicted molar refractivity (Wildman–Crippen MR) is 86.4 cm³/mol. The zero-order valence-corrected chi connectivity index (χ0v) is 14.0. The van der Waals surface area contributed by atoms with Crippen LogP contribution in [0.5, 0.6) is 0 Å². The van der Waals surface area contributed by atoms with Crippen molar-refractivity contribution in [2.24, 2.45) is 29.6 Å². The summed E-state index contributed by atoms with van der Waals surface area (Å²) < 4.78 is 23.5. The summed E-state index contributed by atoms with van der Waals surface area (Å²) in [6.45, 7) is 0. The van der Waals surface area contributed by atoms with Crippen LogP contribution in [0.2, 0.25) is 0 Å². The van der Waals surface area contributed by atoms with Crippen LogP contribution < -0.4 is 5.32 Å². The molecule has 0 radical (unpaired) electrons. The quantitative estimate of drug-likeness (QED) is 0.866. The lowest BCUT2D eigenvalue weighted by Crippen LogP contribution is -2.19. The van der Waals surface area contributed by atoms with E-state index in [1.165, 1.54) is 31.4 Å². The molecule has 4 rings (SSSR count). The predicted octanol–water partition coefficient (Wildman–Crippen LogP) is 2.02. The van der Waals surface area contributed by atoms with Gasteiger partial charge in [0.25, 0.3) is 0 Å². The van der Waals surface area contributed by atoms with Gasteiger partial charge >= 0.3 is 5.97 Å². The van der Waals surface area contributed by atoms with Gasteiger partial charge < -0.3 is 10.4 Å². The van der Waals surface area contributed by atoms with E-state index in [1.807, 2.05) is 0 Å². The maximum atomic E-state index is 12.5. The number of fused-ring (bicyclic) bond motifs is 5. The Morgan fingerprint density at radius 3 is 2.29 bits per heavy atom. The van der Waals surface area contributed by atoms with Gasteiger partial charge in [-0.1, -0.05) is 0 Å². The van der Waals surface area contributed by atoms with Crippen molar-refractivity contribution in [2.75, 3.05) is 11.6 Å². The number of nitrogens with one attached hydrogen (secondary N) is 1. The molecule has 3 aliphatic rings. The van der Waals surface area contributed by atoms with E-state index in [1.54, 1.807) is 0 Å². The number of anilines is 1. The highest BCUT2D eigenvalue weighted by Gasteiger charge is 2.67. The van der Waals surface area contributed by atoms with Gasteiger partial charge in [0.2, 0.25) is 5.91 Å². The average molecular weight is 349 g/mol. The third-order valence-corrected chi connectivity index (χ3v) is 6.98. The fraction of sp³-hybridized carbons (Fsp3) is 0.529. The molecule has 3 fully saturated rings. The highest BCUT2D eigenvalue weighted by Crippen LogP contribution is 2.69. The van der Waals surface area contributed by atoms with Gasteiger partial charge in [0.15, 0.2) is 9.84 Å². The number of carbonyl (C=O) groups is 2. The third-order valence-electron chi connectivity index (χ3n) is 5.89. The van der Waals surface area contributed by atoms with Gasteiger partial charge in [0.1, 0.15) is 0 Å². The minimum absolute atomic E-state index is 0.00594. The first-order valence-corrected chi connectivity index (χ1v) is 10.0. The van der Waals surface area contributed by atoms with Crippen LogP contribution in [0.1, 0.15) is 29.6 Å². The number of carboxylic acid groups (broad SMARTS) is 1. The second-order valence-electron chi connectivity index (χ2n) is 7.33. The highest BCUT2D eigenvalue weighted by atomic mass is 32.2. The summed E-state index contributed by atoms with van der Waals surface area (Å²) in [7, 11) is -3.56. The van der Waals surface area contributed by atoms with E-state index in [0.717, 1.165) is 12.3 Å². The first-order chi connectivity index (χ1) is 11.3. The molecule has 2 bridgehead atoms. The van der Waals surface area contributed by atoms with E-state index >= 15 is 0 Å². The Labute approximate surface area is 140 Å². The Kier molecular flexibility index (Phi) is 3.29. The molecule has 4 atom stereocenters. The van der Waals surface area contributed by atoms with Crippen LogP contribution in [0.3, 0.4) is 0 Å². The SMILES string of the molecule is CS(=O)(=O)c1cc(NC(=O)C2C3C4CCC(C4)C23)cc(C(=O)O)c1. The first-order valence-electron chi connectivity index (χ1n) is 8.15. The summed E-state index contributed by atoms with van der Waals surface area (Å²) in [6.07, 6.45) is 4.68. The third kappa shape index (κ3) is 2.42. The van der Waals surface area contributed by atoms with Gasteiger partial charge in [-0.25, -0.2) is 13.2 Å². The molecule has 0 heterocycles. The molecule has 0 aliphatic heterocycles. The Hall–Kier alpha value is -1.89. The zero-order valence-electron chi connectivity index (χ0n) is 13.2. The molecule has 6 nitrogen and oxygen atoms in total. The number of aromatic carboxylic acids is 1. The van der Waals surface area contributed by atoms with Crippen molar-refractivity contribution in [1.82, 2.24) is 0 Å². The van der Waals surface area contributed by atoms with E-state index in [9.17, 15) is 18.0 Å². The van der Waals surface area contributed by atoms with Crippen LogP contribution in [0.25, 0.3) is 0 Å². The van der Waals surface area contributed by atoms with E-state index < -0.39 is 15.8 Å². The second-order valence-corrected chi connectivity index (χ2v) is 9.34. The molecule has 3 aliphatic carbocycles. The molecule has 128 valence electrons. The van der Waals surface area contributed by atoms with Gasteiger partial charge in [0, 0.05) is 17.9 Å². The molecule has 1 aromatic carbocycles. The van der Waals surface area contributed by atoms with Crippen molar-refractivity contribution in [3.8, 4) is 0 Å². The number of rotatable bonds is 4. The lowest BCUT2D eigenvalue weighted by molar-refractivity contribution is -0.118. The monoisotopic (exact) mass is 349 g/mol. The number of hydrogen-bond acceptors (Lipinski definition) is 4. The molecule has 3 saturated carbocycles. The van der Waals surface area contributed by atoms with Crippen LogP contribution in [0.4, 0.5) is 5.69 Å². The van der Waals surface area contributed by atoms with Gasteiger partial charge in [-0.15, -0.1) is 0 Å². The van der Waals surface area contributed by atoms with Crippen molar-refractivity contribution in [3.05, 3.63) is 23.8 Å². The topological polar surface area (TPSA) is 101 Å². The van der Waals surface area contributed by atoms with Crippen LogP contribution in [0, 0.1) is 29.6 Å². The van der Waals surface area contributed by atoms with E-state index in [2.05, 4.69) is 5.32 Å². The number of carboxylic acids is 1. The molecular formula is C17H19NO5S. The fourth-order valence-corrected chi connectivity index (χ4v) is 5.59. The van der Waals surface area contributed by atoms with E-state index in [-0.39, 0.29) is 28.0 Å². The number of hydrogen-bond donors (Lipinski definition) is 2. The largest absolute Gasteiger partial charge is 0.478 e. The van der Waals surface area contributed by atoms with Crippen LogP contribution in [-0.4, -0.2) is 31.7 Å². The number of benzene rings is 1. The highest BCUT2D eigenvalue weighted by molar-refractivity contribution is 7.90. The smallest absolute Gasteiger partial charge is 0.335 e. The van der Waals surface area contributed by atoms with Crippen molar-refractivity contribution in [1.29, 1.82) is 0 Å². The normalized spacial score (nSPS) is 33.1. The van der Waals surface area contributed by atoms with Crippen molar-refractivity contribution in [3.63, 3.8) is 0 Å². The lowest BCUT2D eigenvalue weighted by Gasteiger charge is -2.11. The lowest BCUT2D eigenvalue weighted by atomic mass is 10.0. The molecule has 0 spiro atoms. The summed E-state index contributed by atoms with van der Waals surface area (Å²) in [4.78, 5) is 23.6. The summed E-state index contributed by atoms with van der Waals surface area (Å²) in [5.74, 6) is 0.939. The number of sulfone groups is 1. The Bertz CT molecular complexity index is 831. The first kappa shape index (κ1) is 15.6. The van der Waals surface area contributed by atoms with Crippen molar-refractivity contribution < 1.29 is 23.1 Å². The average Bonchev–Trinajstić information content (AvgIpc) is 2.95. The molecule has 0 saturated heterocycles. The Balaban J connectivity index is 1.57. The maximum Gasteiger partial charge on any atom is 0.335 e. The molecular weight excluding hydrogens is 330 g/mol. The maximum absolute atomic E-state index is 12.5. The molecule has 1 amide bonds. The van der Waals surface area contributed by atoms with Gasteiger partial charge in [-0.05, 0) is 61.1 Å². The number of carbonyl (C=O) groups excluding carboxylic acids is 1. The van der Waals surface area contributed by atoms with Crippen LogP contribution in [0.15, 0.2) is 23.1 Å². The van der Waals surface area contributed by atoms with E-state index in [4.69, 9.17) is 5.11 Å². The Morgan fingerprint density at radius 2 is 1.75 bits per heavy atom. The minimum atomic E-state index is -3.56. The van der Waals surface area contributed by atoms with Gasteiger partial charge in [0.05, 0.1) is 10.5 Å². The van der Waals surface area contributed by atoms with Crippen molar-refractivity contribution >= 4 is 27.4 Å². The number of amides is 1. The minimum Gasteiger partial charge on any atom is -0.478 e. The van der Waals surface area contributed by atoms with Crippen LogP contribution >= 0.6 is 0 Å². The summed E-state index contributed by atoms with van der Waals surface area (Å²) >= 11 is 0. The Morgan fingerprint density at radius 1 is 1.12 bits per heavy atom. The molecule has 4 unspecified atom stereocenters.